The van der Waals surface area contributed by atoms with Crippen LogP contribution in [-0.4, -0.2) is 39.1 Å². The second-order valence-corrected chi connectivity index (χ2v) is 6.64. The van der Waals surface area contributed by atoms with Gasteiger partial charge in [-0.15, -0.1) is 0 Å². The van der Waals surface area contributed by atoms with Crippen LogP contribution >= 0.6 is 0 Å². The Morgan fingerprint density at radius 2 is 1.96 bits per heavy atom. The Morgan fingerprint density at radius 1 is 1.23 bits per heavy atom. The molecule has 1 aromatic carbocycles. The number of carboxylic acid groups (broad SMARTS) is 1. The Hall–Kier alpha value is -3.09. The first-order chi connectivity index (χ1) is 12.6. The largest absolute Gasteiger partial charge is 0.478 e. The van der Waals surface area contributed by atoms with E-state index in [0.29, 0.717) is 6.54 Å². The fraction of sp³-hybridized carbons (Fsp3) is 0.316. The molecule has 0 spiro atoms. The van der Waals surface area contributed by atoms with E-state index in [2.05, 4.69) is 20.2 Å². The molecule has 7 nitrogen and oxygen atoms in total. The van der Waals surface area contributed by atoms with Crippen molar-refractivity contribution in [1.29, 1.82) is 0 Å². The molecule has 3 N–H and O–H groups in total. The number of aryl methyl sites for hydroxylation is 1. The van der Waals surface area contributed by atoms with Crippen LogP contribution < -0.4 is 10.2 Å². The molecular formula is C19H21N5O2. The third-order valence-corrected chi connectivity index (χ3v) is 4.66. The summed E-state index contributed by atoms with van der Waals surface area (Å²) in [6, 6.07) is 8.91. The summed E-state index contributed by atoms with van der Waals surface area (Å²) in [5.41, 5.74) is 3.16. The van der Waals surface area contributed by atoms with Crippen LogP contribution in [-0.2, 0) is 6.54 Å². The minimum atomic E-state index is -0.917. The van der Waals surface area contributed by atoms with Crippen LogP contribution in [0.1, 0.15) is 34.5 Å². The highest BCUT2D eigenvalue weighted by molar-refractivity contribution is 5.89. The molecule has 0 unspecified atom stereocenters. The first-order valence-electron chi connectivity index (χ1n) is 8.78. The first kappa shape index (κ1) is 16.4. The lowest BCUT2D eigenvalue weighted by molar-refractivity contribution is 0.0697. The van der Waals surface area contributed by atoms with Gasteiger partial charge in [-0.1, -0.05) is 12.1 Å². The van der Waals surface area contributed by atoms with Crippen LogP contribution in [0, 0.1) is 6.92 Å². The Bertz CT molecular complexity index is 942. The average Bonchev–Trinajstić information content (AvgIpc) is 3.28. The molecule has 0 bridgehead atoms. The summed E-state index contributed by atoms with van der Waals surface area (Å²) in [5.74, 6) is 0.629. The van der Waals surface area contributed by atoms with Gasteiger partial charge in [0.05, 0.1) is 10.9 Å². The fourth-order valence-corrected chi connectivity index (χ4v) is 3.27. The van der Waals surface area contributed by atoms with Crippen molar-refractivity contribution in [3.63, 3.8) is 0 Å². The number of fused-ring (bicyclic) bond motifs is 1. The first-order valence-corrected chi connectivity index (χ1v) is 8.78. The Balaban J connectivity index is 1.60. The van der Waals surface area contributed by atoms with Crippen molar-refractivity contribution in [3.05, 3.63) is 47.2 Å². The zero-order valence-electron chi connectivity index (χ0n) is 14.6. The minimum absolute atomic E-state index is 0.288. The molecule has 0 radical (unpaired) electrons. The summed E-state index contributed by atoms with van der Waals surface area (Å²) in [6.45, 7) is 4.55. The van der Waals surface area contributed by atoms with Crippen molar-refractivity contribution in [2.24, 2.45) is 0 Å². The molecule has 3 heterocycles. The second kappa shape index (κ2) is 6.67. The Morgan fingerprint density at radius 3 is 2.65 bits per heavy atom. The van der Waals surface area contributed by atoms with Crippen molar-refractivity contribution in [3.8, 4) is 0 Å². The number of aromatic carboxylic acids is 1. The van der Waals surface area contributed by atoms with Gasteiger partial charge in [-0.3, -0.25) is 0 Å². The van der Waals surface area contributed by atoms with Crippen LogP contribution in [0.4, 0.5) is 11.8 Å². The molecule has 2 aromatic heterocycles. The summed E-state index contributed by atoms with van der Waals surface area (Å²) < 4.78 is 0. The topological polar surface area (TPSA) is 94.1 Å². The van der Waals surface area contributed by atoms with Gasteiger partial charge in [0.2, 0.25) is 5.95 Å². The summed E-state index contributed by atoms with van der Waals surface area (Å²) in [5, 5.41) is 13.3. The molecular weight excluding hydrogens is 330 g/mol. The van der Waals surface area contributed by atoms with Crippen LogP contribution in [0.15, 0.2) is 30.3 Å². The smallest absolute Gasteiger partial charge is 0.335 e. The molecule has 1 fully saturated rings. The molecule has 0 aliphatic carbocycles. The molecule has 7 heteroatoms. The van der Waals surface area contributed by atoms with Gasteiger partial charge in [0.15, 0.2) is 0 Å². The number of aromatic amines is 1. The summed E-state index contributed by atoms with van der Waals surface area (Å²) in [6.07, 6.45) is 2.34. The van der Waals surface area contributed by atoms with Gasteiger partial charge in [-0.25, -0.2) is 4.79 Å². The van der Waals surface area contributed by atoms with E-state index in [-0.39, 0.29) is 5.56 Å². The lowest BCUT2D eigenvalue weighted by Gasteiger charge is -2.16. The SMILES string of the molecule is Cc1cc2c(NCc3ccc(C(=O)O)cc3)nc(N3CCCC3)nc2[nH]1. The van der Waals surface area contributed by atoms with Gasteiger partial charge >= 0.3 is 5.97 Å². The number of hydrogen-bond donors (Lipinski definition) is 3. The molecule has 26 heavy (non-hydrogen) atoms. The standard InChI is InChI=1S/C19H21N5O2/c1-12-10-15-16(20-11-13-4-6-14(7-5-13)18(25)26)22-19(23-17(15)21-12)24-8-2-3-9-24/h4-7,10H,2-3,8-9,11H2,1H3,(H,25,26)(H2,20,21,22,23). The summed E-state index contributed by atoms with van der Waals surface area (Å²) >= 11 is 0. The lowest BCUT2D eigenvalue weighted by Crippen LogP contribution is -2.21. The molecule has 3 aromatic rings. The number of carboxylic acids is 1. The zero-order chi connectivity index (χ0) is 18.1. The molecule has 0 amide bonds. The molecule has 0 saturated carbocycles. The lowest BCUT2D eigenvalue weighted by atomic mass is 10.1. The predicted molar refractivity (Wildman–Crippen MR) is 101 cm³/mol. The third kappa shape index (κ3) is 3.20. The number of anilines is 2. The van der Waals surface area contributed by atoms with Gasteiger partial charge in [0.25, 0.3) is 0 Å². The fourth-order valence-electron chi connectivity index (χ4n) is 3.27. The van der Waals surface area contributed by atoms with Gasteiger partial charge in [-0.2, -0.15) is 9.97 Å². The van der Waals surface area contributed by atoms with E-state index in [1.807, 2.05) is 25.1 Å². The highest BCUT2D eigenvalue weighted by Gasteiger charge is 2.18. The number of hydrogen-bond acceptors (Lipinski definition) is 5. The molecule has 134 valence electrons. The highest BCUT2D eigenvalue weighted by Crippen LogP contribution is 2.26. The van der Waals surface area contributed by atoms with E-state index in [9.17, 15) is 4.79 Å². The Kier molecular flexibility index (Phi) is 4.20. The van der Waals surface area contributed by atoms with Crippen molar-refractivity contribution < 1.29 is 9.90 Å². The molecule has 1 aliphatic heterocycles. The Labute approximate surface area is 151 Å². The monoisotopic (exact) mass is 351 g/mol. The second-order valence-electron chi connectivity index (χ2n) is 6.64. The number of nitrogens with one attached hydrogen (secondary N) is 2. The van der Waals surface area contributed by atoms with Gasteiger partial charge in [0.1, 0.15) is 11.5 Å². The van der Waals surface area contributed by atoms with Crippen molar-refractivity contribution >= 4 is 28.8 Å². The van der Waals surface area contributed by atoms with Crippen LogP contribution in [0.25, 0.3) is 11.0 Å². The number of carbonyl (C=O) groups is 1. The number of nitrogens with zero attached hydrogens (tertiary/aromatic N) is 3. The van der Waals surface area contributed by atoms with E-state index in [1.54, 1.807) is 12.1 Å². The molecule has 1 aliphatic rings. The van der Waals surface area contributed by atoms with E-state index in [1.165, 1.54) is 12.8 Å². The number of H-pyrrole nitrogens is 1. The third-order valence-electron chi connectivity index (χ3n) is 4.66. The van der Waals surface area contributed by atoms with E-state index < -0.39 is 5.97 Å². The van der Waals surface area contributed by atoms with Crippen molar-refractivity contribution in [2.75, 3.05) is 23.3 Å². The quantitative estimate of drug-likeness (QED) is 0.654. The van der Waals surface area contributed by atoms with E-state index >= 15 is 0 Å². The molecule has 0 atom stereocenters. The minimum Gasteiger partial charge on any atom is -0.478 e. The van der Waals surface area contributed by atoms with E-state index in [0.717, 1.165) is 47.1 Å². The van der Waals surface area contributed by atoms with E-state index in [4.69, 9.17) is 10.1 Å². The van der Waals surface area contributed by atoms with Crippen molar-refractivity contribution in [1.82, 2.24) is 15.0 Å². The molecule has 4 rings (SSSR count). The van der Waals surface area contributed by atoms with Crippen molar-refractivity contribution in [2.45, 2.75) is 26.3 Å². The predicted octanol–water partition coefficient (Wildman–Crippen LogP) is 3.18. The maximum atomic E-state index is 11.0. The average molecular weight is 351 g/mol. The number of rotatable bonds is 5. The normalized spacial score (nSPS) is 14.1. The van der Waals surface area contributed by atoms with Crippen LogP contribution in [0.5, 0.6) is 0 Å². The summed E-state index contributed by atoms with van der Waals surface area (Å²) in [7, 11) is 0. The number of benzene rings is 1. The number of aromatic nitrogens is 3. The van der Waals surface area contributed by atoms with Gasteiger partial charge in [0, 0.05) is 25.3 Å². The van der Waals surface area contributed by atoms with Gasteiger partial charge < -0.3 is 20.3 Å². The van der Waals surface area contributed by atoms with Crippen LogP contribution in [0.3, 0.4) is 0 Å². The molecule has 1 saturated heterocycles. The zero-order valence-corrected chi connectivity index (χ0v) is 14.6. The van der Waals surface area contributed by atoms with Gasteiger partial charge in [-0.05, 0) is 43.5 Å². The summed E-state index contributed by atoms with van der Waals surface area (Å²) in [4.78, 5) is 25.9. The van der Waals surface area contributed by atoms with Crippen LogP contribution in [0.2, 0.25) is 0 Å². The maximum Gasteiger partial charge on any atom is 0.335 e. The highest BCUT2D eigenvalue weighted by atomic mass is 16.4. The maximum absolute atomic E-state index is 11.0.